The maximum Gasteiger partial charge on any atom is 0.0250 e. The quantitative estimate of drug-likeness (QED) is 0.757. The molecule has 2 saturated heterocycles. The molecule has 3 unspecified atom stereocenters. The zero-order chi connectivity index (χ0) is 11.5. The Morgan fingerprint density at radius 2 is 2.12 bits per heavy atom. The molecule has 0 saturated carbocycles. The molecule has 0 bridgehead atoms. The Morgan fingerprint density at radius 3 is 2.88 bits per heavy atom. The summed E-state index contributed by atoms with van der Waals surface area (Å²) in [6.07, 6.45) is 5.44. The van der Waals surface area contributed by atoms with Gasteiger partial charge in [-0.25, -0.2) is 0 Å². The Balaban J connectivity index is 1.72. The molecule has 3 heteroatoms. The number of hydrogen-bond acceptors (Lipinski definition) is 3. The van der Waals surface area contributed by atoms with Crippen molar-refractivity contribution in [2.24, 2.45) is 0 Å². The number of fused-ring (bicyclic) bond motifs is 1. The third-order valence-corrected chi connectivity index (χ3v) is 4.11. The van der Waals surface area contributed by atoms with Crippen LogP contribution in [0.5, 0.6) is 0 Å². The van der Waals surface area contributed by atoms with Crippen LogP contribution >= 0.6 is 0 Å². The molecule has 0 amide bonds. The minimum absolute atomic E-state index is 0.660. The molecule has 0 aromatic carbocycles. The highest BCUT2D eigenvalue weighted by molar-refractivity contribution is 4.96. The van der Waals surface area contributed by atoms with Crippen molar-refractivity contribution in [2.75, 3.05) is 33.7 Å². The van der Waals surface area contributed by atoms with E-state index in [2.05, 4.69) is 36.1 Å². The number of nitrogens with one attached hydrogen (secondary N) is 1. The van der Waals surface area contributed by atoms with E-state index in [0.717, 1.165) is 12.1 Å². The average molecular weight is 225 g/mol. The molecule has 2 aliphatic heterocycles. The summed E-state index contributed by atoms with van der Waals surface area (Å²) >= 11 is 0. The van der Waals surface area contributed by atoms with E-state index in [-0.39, 0.29) is 0 Å². The van der Waals surface area contributed by atoms with E-state index in [1.165, 1.54) is 45.3 Å². The van der Waals surface area contributed by atoms with Gasteiger partial charge in [-0.05, 0) is 59.8 Å². The van der Waals surface area contributed by atoms with Gasteiger partial charge < -0.3 is 10.2 Å². The highest BCUT2D eigenvalue weighted by Gasteiger charge is 2.37. The summed E-state index contributed by atoms with van der Waals surface area (Å²) in [4.78, 5) is 4.95. The van der Waals surface area contributed by atoms with Crippen molar-refractivity contribution in [1.29, 1.82) is 0 Å². The van der Waals surface area contributed by atoms with Gasteiger partial charge in [0.05, 0.1) is 0 Å². The molecule has 2 rings (SSSR count). The lowest BCUT2D eigenvalue weighted by Crippen LogP contribution is -2.44. The lowest BCUT2D eigenvalue weighted by atomic mass is 10.0. The van der Waals surface area contributed by atoms with E-state index < -0.39 is 0 Å². The molecular formula is C13H27N3. The zero-order valence-corrected chi connectivity index (χ0v) is 11.1. The van der Waals surface area contributed by atoms with Crippen LogP contribution in [-0.2, 0) is 0 Å². The monoisotopic (exact) mass is 225 g/mol. The van der Waals surface area contributed by atoms with E-state index in [1.807, 2.05) is 0 Å². The Labute approximate surface area is 100 Å². The van der Waals surface area contributed by atoms with Gasteiger partial charge in [-0.2, -0.15) is 0 Å². The van der Waals surface area contributed by atoms with Gasteiger partial charge in [0.2, 0.25) is 0 Å². The molecule has 1 N–H and O–H groups in total. The summed E-state index contributed by atoms with van der Waals surface area (Å²) in [6.45, 7) is 6.19. The van der Waals surface area contributed by atoms with E-state index in [0.29, 0.717) is 6.04 Å². The first kappa shape index (κ1) is 12.3. The topological polar surface area (TPSA) is 18.5 Å². The molecule has 0 aliphatic carbocycles. The predicted octanol–water partition coefficient (Wildman–Crippen LogP) is 1.15. The van der Waals surface area contributed by atoms with E-state index >= 15 is 0 Å². The molecule has 0 aromatic rings. The van der Waals surface area contributed by atoms with Gasteiger partial charge in [-0.1, -0.05) is 0 Å². The molecule has 2 fully saturated rings. The summed E-state index contributed by atoms with van der Waals surface area (Å²) in [5, 5.41) is 3.84. The van der Waals surface area contributed by atoms with Crippen molar-refractivity contribution in [3.8, 4) is 0 Å². The maximum absolute atomic E-state index is 3.84. The summed E-state index contributed by atoms with van der Waals surface area (Å²) in [5.41, 5.74) is 0. The summed E-state index contributed by atoms with van der Waals surface area (Å²) < 4.78 is 0. The van der Waals surface area contributed by atoms with Crippen LogP contribution in [0, 0.1) is 0 Å². The van der Waals surface area contributed by atoms with Crippen LogP contribution < -0.4 is 5.32 Å². The lowest BCUT2D eigenvalue weighted by molar-refractivity contribution is 0.282. The number of nitrogens with zero attached hydrogens (tertiary/aromatic N) is 2. The van der Waals surface area contributed by atoms with Gasteiger partial charge in [0.1, 0.15) is 0 Å². The minimum atomic E-state index is 0.660. The fourth-order valence-corrected chi connectivity index (χ4v) is 3.18. The van der Waals surface area contributed by atoms with Crippen molar-refractivity contribution in [3.05, 3.63) is 0 Å². The molecule has 94 valence electrons. The lowest BCUT2D eigenvalue weighted by Gasteiger charge is -2.25. The molecule has 16 heavy (non-hydrogen) atoms. The van der Waals surface area contributed by atoms with Crippen LogP contribution in [0.1, 0.15) is 32.6 Å². The molecule has 2 aliphatic rings. The second-order valence-corrected chi connectivity index (χ2v) is 5.80. The van der Waals surface area contributed by atoms with E-state index in [1.54, 1.807) is 0 Å². The van der Waals surface area contributed by atoms with E-state index in [9.17, 15) is 0 Å². The van der Waals surface area contributed by atoms with Crippen LogP contribution in [-0.4, -0.2) is 61.7 Å². The molecule has 3 nitrogen and oxygen atoms in total. The Bertz CT molecular complexity index is 217. The predicted molar refractivity (Wildman–Crippen MR) is 68.8 cm³/mol. The Hall–Kier alpha value is -0.120. The molecule has 0 radical (unpaired) electrons. The number of rotatable bonds is 5. The van der Waals surface area contributed by atoms with Crippen molar-refractivity contribution < 1.29 is 0 Å². The Morgan fingerprint density at radius 1 is 1.31 bits per heavy atom. The summed E-state index contributed by atoms with van der Waals surface area (Å²) in [6, 6.07) is 2.27. The zero-order valence-electron chi connectivity index (χ0n) is 11.1. The average Bonchev–Trinajstić information content (AvgIpc) is 2.80. The van der Waals surface area contributed by atoms with Crippen LogP contribution in [0.4, 0.5) is 0 Å². The highest BCUT2D eigenvalue weighted by atomic mass is 15.2. The SMILES string of the molecule is CC(CCN(C)C)NC1CCN2CCCC12. The summed E-state index contributed by atoms with van der Waals surface area (Å²) in [5.74, 6) is 0. The smallest absolute Gasteiger partial charge is 0.0250 e. The van der Waals surface area contributed by atoms with Crippen LogP contribution in [0.3, 0.4) is 0 Å². The van der Waals surface area contributed by atoms with Gasteiger partial charge >= 0.3 is 0 Å². The maximum atomic E-state index is 3.84. The van der Waals surface area contributed by atoms with Crippen LogP contribution in [0.15, 0.2) is 0 Å². The molecule has 3 atom stereocenters. The third kappa shape index (κ3) is 2.96. The first-order valence-corrected chi connectivity index (χ1v) is 6.81. The largest absolute Gasteiger partial charge is 0.310 e. The van der Waals surface area contributed by atoms with Crippen molar-refractivity contribution in [1.82, 2.24) is 15.1 Å². The highest BCUT2D eigenvalue weighted by Crippen LogP contribution is 2.28. The third-order valence-electron chi connectivity index (χ3n) is 4.11. The normalized spacial score (nSPS) is 32.2. The van der Waals surface area contributed by atoms with Crippen molar-refractivity contribution >= 4 is 0 Å². The van der Waals surface area contributed by atoms with Gasteiger partial charge in [-0.15, -0.1) is 0 Å². The molecule has 0 aromatic heterocycles. The van der Waals surface area contributed by atoms with Crippen molar-refractivity contribution in [3.63, 3.8) is 0 Å². The van der Waals surface area contributed by atoms with Gasteiger partial charge in [0, 0.05) is 24.7 Å². The standard InChI is InChI=1S/C13H27N3/c1-11(6-9-15(2)3)14-12-7-10-16-8-4-5-13(12)16/h11-14H,4-10H2,1-3H3. The Kier molecular flexibility index (Phi) is 4.22. The first-order chi connectivity index (χ1) is 7.66. The summed E-state index contributed by atoms with van der Waals surface area (Å²) in [7, 11) is 4.31. The molecule has 2 heterocycles. The fourth-order valence-electron chi connectivity index (χ4n) is 3.18. The first-order valence-electron chi connectivity index (χ1n) is 6.81. The van der Waals surface area contributed by atoms with Gasteiger partial charge in [0.15, 0.2) is 0 Å². The fraction of sp³-hybridized carbons (Fsp3) is 1.00. The molecular weight excluding hydrogens is 198 g/mol. The van der Waals surface area contributed by atoms with Crippen LogP contribution in [0.25, 0.3) is 0 Å². The second-order valence-electron chi connectivity index (χ2n) is 5.80. The second kappa shape index (κ2) is 5.48. The van der Waals surface area contributed by atoms with Crippen LogP contribution in [0.2, 0.25) is 0 Å². The van der Waals surface area contributed by atoms with Gasteiger partial charge in [-0.3, -0.25) is 4.90 Å². The van der Waals surface area contributed by atoms with Crippen molar-refractivity contribution in [2.45, 2.75) is 50.7 Å². The number of hydrogen-bond donors (Lipinski definition) is 1. The van der Waals surface area contributed by atoms with E-state index in [4.69, 9.17) is 0 Å². The minimum Gasteiger partial charge on any atom is -0.310 e. The van der Waals surface area contributed by atoms with Gasteiger partial charge in [0.25, 0.3) is 0 Å². The molecule has 0 spiro atoms.